The Hall–Kier alpha value is -1.35. The van der Waals surface area contributed by atoms with Crippen molar-refractivity contribution in [2.24, 2.45) is 0 Å². The third kappa shape index (κ3) is 2.34. The van der Waals surface area contributed by atoms with Gasteiger partial charge in [0, 0.05) is 13.1 Å². The number of rotatable bonds is 2. The number of aliphatic hydroxyl groups excluding tert-OH is 1. The maximum Gasteiger partial charge on any atom is 0.232 e. The van der Waals surface area contributed by atoms with Crippen molar-refractivity contribution in [2.45, 2.75) is 31.8 Å². The van der Waals surface area contributed by atoms with E-state index in [2.05, 4.69) is 0 Å². The van der Waals surface area contributed by atoms with Crippen LogP contribution in [0.5, 0.6) is 0 Å². The Morgan fingerprint density at radius 2 is 2.00 bits per heavy atom. The normalized spacial score (nSPS) is 20.6. The maximum atomic E-state index is 12.4. The molecule has 0 aliphatic carbocycles. The highest BCUT2D eigenvalue weighted by molar-refractivity contribution is 5.87. The second-order valence-corrected chi connectivity index (χ2v) is 5.18. The number of carbonyl (C=O) groups excluding carboxylic acids is 1. The highest BCUT2D eigenvalue weighted by Gasteiger charge is 2.36. The van der Waals surface area contributed by atoms with Crippen molar-refractivity contribution >= 4 is 5.91 Å². The molecule has 0 unspecified atom stereocenters. The summed E-state index contributed by atoms with van der Waals surface area (Å²) in [4.78, 5) is 14.2. The third-order valence-corrected chi connectivity index (χ3v) is 3.48. The van der Waals surface area contributed by atoms with Gasteiger partial charge in [0.1, 0.15) is 0 Å². The Labute approximate surface area is 102 Å². The van der Waals surface area contributed by atoms with Gasteiger partial charge in [-0.3, -0.25) is 4.79 Å². The van der Waals surface area contributed by atoms with Gasteiger partial charge in [0.15, 0.2) is 0 Å². The van der Waals surface area contributed by atoms with Crippen LogP contribution in [0, 0.1) is 0 Å². The molecule has 1 atom stereocenters. The van der Waals surface area contributed by atoms with E-state index in [1.807, 2.05) is 44.2 Å². The minimum atomic E-state index is -0.522. The van der Waals surface area contributed by atoms with Crippen LogP contribution in [0.1, 0.15) is 25.8 Å². The van der Waals surface area contributed by atoms with Crippen molar-refractivity contribution in [3.8, 4) is 0 Å². The first-order valence-corrected chi connectivity index (χ1v) is 6.05. The molecule has 0 spiro atoms. The van der Waals surface area contributed by atoms with Gasteiger partial charge >= 0.3 is 0 Å². The van der Waals surface area contributed by atoms with Gasteiger partial charge in [-0.15, -0.1) is 0 Å². The van der Waals surface area contributed by atoms with Crippen LogP contribution >= 0.6 is 0 Å². The molecule has 0 saturated carbocycles. The second-order valence-electron chi connectivity index (χ2n) is 5.18. The quantitative estimate of drug-likeness (QED) is 0.842. The van der Waals surface area contributed by atoms with Crippen LogP contribution in [0.3, 0.4) is 0 Å². The molecule has 1 aliphatic rings. The lowest BCUT2D eigenvalue weighted by molar-refractivity contribution is -0.135. The topological polar surface area (TPSA) is 40.5 Å². The average Bonchev–Trinajstić information content (AvgIpc) is 2.76. The lowest BCUT2D eigenvalue weighted by Crippen LogP contribution is -2.42. The van der Waals surface area contributed by atoms with Gasteiger partial charge in [-0.1, -0.05) is 30.3 Å². The van der Waals surface area contributed by atoms with Gasteiger partial charge in [0.25, 0.3) is 0 Å². The number of likely N-dealkylation sites (tertiary alicyclic amines) is 1. The number of nitrogens with zero attached hydrogens (tertiary/aromatic N) is 1. The zero-order valence-corrected chi connectivity index (χ0v) is 10.4. The van der Waals surface area contributed by atoms with E-state index in [1.54, 1.807) is 4.90 Å². The molecule has 1 amide bonds. The Bertz CT molecular complexity index is 400. The fourth-order valence-electron chi connectivity index (χ4n) is 2.30. The van der Waals surface area contributed by atoms with Crippen molar-refractivity contribution in [1.29, 1.82) is 0 Å². The highest BCUT2D eigenvalue weighted by atomic mass is 16.3. The second kappa shape index (κ2) is 4.49. The molecule has 1 aromatic rings. The summed E-state index contributed by atoms with van der Waals surface area (Å²) in [5.41, 5.74) is 0.497. The number of hydrogen-bond donors (Lipinski definition) is 1. The number of carbonyl (C=O) groups is 1. The molecule has 3 heteroatoms. The Balaban J connectivity index is 2.18. The molecule has 92 valence electrons. The first-order valence-electron chi connectivity index (χ1n) is 6.05. The summed E-state index contributed by atoms with van der Waals surface area (Å²) in [5, 5.41) is 9.49. The van der Waals surface area contributed by atoms with Crippen LogP contribution in [0.15, 0.2) is 30.3 Å². The van der Waals surface area contributed by atoms with E-state index >= 15 is 0 Å². The SMILES string of the molecule is CC(C)(C(=O)N1CC[C@@H](O)C1)c1ccccc1. The van der Waals surface area contributed by atoms with Gasteiger partial charge in [-0.05, 0) is 25.8 Å². The molecule has 1 fully saturated rings. The first-order chi connectivity index (χ1) is 8.01. The minimum absolute atomic E-state index is 0.0975. The van der Waals surface area contributed by atoms with Crippen LogP contribution in [0.4, 0.5) is 0 Å². The smallest absolute Gasteiger partial charge is 0.232 e. The third-order valence-electron chi connectivity index (χ3n) is 3.48. The van der Waals surface area contributed by atoms with Crippen molar-refractivity contribution in [3.63, 3.8) is 0 Å². The summed E-state index contributed by atoms with van der Waals surface area (Å²) in [6.45, 7) is 5.01. The molecule has 0 radical (unpaired) electrons. The molecule has 1 saturated heterocycles. The standard InChI is InChI=1S/C14H19NO2/c1-14(2,11-6-4-3-5-7-11)13(17)15-9-8-12(16)10-15/h3-7,12,16H,8-10H2,1-2H3/t12-/m1/s1. The van der Waals surface area contributed by atoms with E-state index in [9.17, 15) is 9.90 Å². The monoisotopic (exact) mass is 233 g/mol. The predicted octanol–water partition coefficient (Wildman–Crippen LogP) is 1.56. The van der Waals surface area contributed by atoms with Crippen molar-refractivity contribution < 1.29 is 9.90 Å². The van der Waals surface area contributed by atoms with E-state index < -0.39 is 5.41 Å². The Morgan fingerprint density at radius 1 is 1.35 bits per heavy atom. The summed E-state index contributed by atoms with van der Waals surface area (Å²) >= 11 is 0. The number of amides is 1. The summed E-state index contributed by atoms with van der Waals surface area (Å²) < 4.78 is 0. The lowest BCUT2D eigenvalue weighted by Gasteiger charge is -2.29. The Kier molecular flexibility index (Phi) is 3.20. The van der Waals surface area contributed by atoms with Crippen LogP contribution in [0.2, 0.25) is 0 Å². The van der Waals surface area contributed by atoms with Crippen LogP contribution in [0.25, 0.3) is 0 Å². The molecule has 3 nitrogen and oxygen atoms in total. The summed E-state index contributed by atoms with van der Waals surface area (Å²) in [7, 11) is 0. The number of benzene rings is 1. The summed E-state index contributed by atoms with van der Waals surface area (Å²) in [6, 6.07) is 9.80. The number of hydrogen-bond acceptors (Lipinski definition) is 2. The van der Waals surface area contributed by atoms with Crippen molar-refractivity contribution in [2.75, 3.05) is 13.1 Å². The highest BCUT2D eigenvalue weighted by Crippen LogP contribution is 2.27. The van der Waals surface area contributed by atoms with Crippen LogP contribution in [-0.4, -0.2) is 35.1 Å². The van der Waals surface area contributed by atoms with E-state index in [-0.39, 0.29) is 12.0 Å². The fraction of sp³-hybridized carbons (Fsp3) is 0.500. The van der Waals surface area contributed by atoms with E-state index in [4.69, 9.17) is 0 Å². The fourth-order valence-corrected chi connectivity index (χ4v) is 2.30. The minimum Gasteiger partial charge on any atom is -0.391 e. The van der Waals surface area contributed by atoms with Crippen molar-refractivity contribution in [1.82, 2.24) is 4.90 Å². The summed E-state index contributed by atoms with van der Waals surface area (Å²) in [5.74, 6) is 0.0975. The van der Waals surface area contributed by atoms with Crippen LogP contribution in [-0.2, 0) is 10.2 Å². The van der Waals surface area contributed by atoms with Gasteiger partial charge in [-0.25, -0.2) is 0 Å². The molecule has 1 heterocycles. The van der Waals surface area contributed by atoms with E-state index in [0.29, 0.717) is 19.5 Å². The lowest BCUT2D eigenvalue weighted by atomic mass is 9.83. The molecular weight excluding hydrogens is 214 g/mol. The zero-order chi connectivity index (χ0) is 12.5. The number of aliphatic hydroxyl groups is 1. The number of β-amino-alcohol motifs (C(OH)–C–C–N with tert-alkyl or cyclic N) is 1. The van der Waals surface area contributed by atoms with Crippen LogP contribution < -0.4 is 0 Å². The molecule has 0 aromatic heterocycles. The van der Waals surface area contributed by atoms with Gasteiger partial charge in [0.2, 0.25) is 5.91 Å². The van der Waals surface area contributed by atoms with Crippen molar-refractivity contribution in [3.05, 3.63) is 35.9 Å². The molecule has 1 aromatic carbocycles. The maximum absolute atomic E-state index is 12.4. The summed E-state index contributed by atoms with van der Waals surface area (Å²) in [6.07, 6.45) is 0.335. The van der Waals surface area contributed by atoms with E-state index in [1.165, 1.54) is 0 Å². The predicted molar refractivity (Wildman–Crippen MR) is 66.7 cm³/mol. The largest absolute Gasteiger partial charge is 0.391 e. The zero-order valence-electron chi connectivity index (χ0n) is 10.4. The average molecular weight is 233 g/mol. The Morgan fingerprint density at radius 3 is 2.53 bits per heavy atom. The van der Waals surface area contributed by atoms with Gasteiger partial charge in [0.05, 0.1) is 11.5 Å². The molecule has 17 heavy (non-hydrogen) atoms. The first kappa shape index (κ1) is 12.1. The molecule has 0 bridgehead atoms. The molecule has 2 rings (SSSR count). The molecule has 1 aliphatic heterocycles. The van der Waals surface area contributed by atoms with Gasteiger partial charge in [-0.2, -0.15) is 0 Å². The van der Waals surface area contributed by atoms with Gasteiger partial charge < -0.3 is 10.0 Å². The molecule has 1 N–H and O–H groups in total. The van der Waals surface area contributed by atoms with E-state index in [0.717, 1.165) is 5.56 Å². The molecular formula is C14H19NO2.